The summed E-state index contributed by atoms with van der Waals surface area (Å²) < 4.78 is 10.5. The van der Waals surface area contributed by atoms with Crippen LogP contribution in [0.4, 0.5) is 5.69 Å². The first-order valence-corrected chi connectivity index (χ1v) is 9.38. The van der Waals surface area contributed by atoms with Crippen LogP contribution in [0.1, 0.15) is 45.6 Å². The molecule has 9 nitrogen and oxygen atoms in total. The van der Waals surface area contributed by atoms with Crippen molar-refractivity contribution in [3.63, 3.8) is 0 Å². The van der Waals surface area contributed by atoms with Crippen LogP contribution in [0.2, 0.25) is 0 Å². The maximum absolute atomic E-state index is 13.1. The molecule has 0 saturated heterocycles. The van der Waals surface area contributed by atoms with E-state index in [9.17, 15) is 19.7 Å². The molecule has 0 aromatic heterocycles. The molecule has 0 fully saturated rings. The molecule has 1 aliphatic rings. The lowest BCUT2D eigenvalue weighted by molar-refractivity contribution is -0.384. The Balaban J connectivity index is 2.84. The topological polar surface area (TPSA) is 134 Å². The van der Waals surface area contributed by atoms with Crippen LogP contribution in [0.25, 0.3) is 0 Å². The molecule has 1 aliphatic heterocycles. The molecule has 29 heavy (non-hydrogen) atoms. The monoisotopic (exact) mass is 403 g/mol. The van der Waals surface area contributed by atoms with Crippen molar-refractivity contribution in [3.05, 3.63) is 51.2 Å². The van der Waals surface area contributed by atoms with Gasteiger partial charge in [0.05, 0.1) is 29.4 Å². The standard InChI is InChI=1S/C20H25N3O6/c1-5-20(19(25)29-7-3)16(13-9-8-10-14(11-13)23(26)27)15(17(24)28-6-2)12(4)22-18(20)21/h8-11,16H,5-7H2,1-4H3,(H2,21,22). The number of nitrogens with two attached hydrogens (primary N) is 1. The van der Waals surface area contributed by atoms with E-state index in [4.69, 9.17) is 15.2 Å². The lowest BCUT2D eigenvalue weighted by Gasteiger charge is -2.41. The number of hydrogen-bond donors (Lipinski definition) is 1. The number of benzene rings is 1. The van der Waals surface area contributed by atoms with Gasteiger partial charge in [-0.1, -0.05) is 19.1 Å². The SMILES string of the molecule is CCOC(=O)C1=C(C)N=C(N)C(CC)(C(=O)OCC)C1c1cccc([N+](=O)[O-])c1. The van der Waals surface area contributed by atoms with Gasteiger partial charge in [-0.25, -0.2) is 9.79 Å². The van der Waals surface area contributed by atoms with E-state index in [0.717, 1.165) is 0 Å². The van der Waals surface area contributed by atoms with Crippen LogP contribution in [-0.2, 0) is 19.1 Å². The van der Waals surface area contributed by atoms with Crippen LogP contribution in [0.15, 0.2) is 40.5 Å². The fraction of sp³-hybridized carbons (Fsp3) is 0.450. The zero-order valence-electron chi connectivity index (χ0n) is 16.9. The van der Waals surface area contributed by atoms with Crippen molar-refractivity contribution < 1.29 is 24.0 Å². The number of nitro groups is 1. The Labute approximate surface area is 168 Å². The maximum Gasteiger partial charge on any atom is 0.336 e. The molecule has 2 N–H and O–H groups in total. The average Bonchev–Trinajstić information content (AvgIpc) is 2.68. The van der Waals surface area contributed by atoms with Crippen molar-refractivity contribution in [2.75, 3.05) is 13.2 Å². The van der Waals surface area contributed by atoms with Gasteiger partial charge < -0.3 is 15.2 Å². The Morgan fingerprint density at radius 2 is 1.90 bits per heavy atom. The summed E-state index contributed by atoms with van der Waals surface area (Å²) in [6, 6.07) is 5.78. The first-order valence-electron chi connectivity index (χ1n) is 9.38. The predicted molar refractivity (Wildman–Crippen MR) is 106 cm³/mol. The molecule has 0 radical (unpaired) electrons. The van der Waals surface area contributed by atoms with E-state index in [1.165, 1.54) is 18.2 Å². The molecular formula is C20H25N3O6. The first-order chi connectivity index (χ1) is 13.7. The van der Waals surface area contributed by atoms with Crippen LogP contribution >= 0.6 is 0 Å². The number of amidine groups is 1. The van der Waals surface area contributed by atoms with Gasteiger partial charge in [-0.3, -0.25) is 14.9 Å². The Hall–Kier alpha value is -3.23. The largest absolute Gasteiger partial charge is 0.465 e. The number of rotatable bonds is 7. The first kappa shape index (κ1) is 22.1. The fourth-order valence-electron chi connectivity index (χ4n) is 3.70. The quantitative estimate of drug-likeness (QED) is 0.420. The summed E-state index contributed by atoms with van der Waals surface area (Å²) in [6.45, 7) is 6.87. The highest BCUT2D eigenvalue weighted by molar-refractivity contribution is 6.10. The summed E-state index contributed by atoms with van der Waals surface area (Å²) in [5.41, 5.74) is 5.39. The number of non-ortho nitro benzene ring substituents is 1. The molecule has 1 aromatic rings. The van der Waals surface area contributed by atoms with Gasteiger partial charge in [0.2, 0.25) is 0 Å². The van der Waals surface area contributed by atoms with Gasteiger partial charge in [-0.05, 0) is 32.8 Å². The Morgan fingerprint density at radius 3 is 2.45 bits per heavy atom. The zero-order chi connectivity index (χ0) is 21.8. The third-order valence-electron chi connectivity index (χ3n) is 5.02. The van der Waals surface area contributed by atoms with Gasteiger partial charge in [0, 0.05) is 18.1 Å². The molecule has 0 spiro atoms. The Bertz CT molecular complexity index is 892. The lowest BCUT2D eigenvalue weighted by atomic mass is 9.64. The molecule has 1 aromatic carbocycles. The molecule has 2 rings (SSSR count). The number of carbonyl (C=O) groups excluding carboxylic acids is 2. The highest BCUT2D eigenvalue weighted by Gasteiger charge is 2.55. The van der Waals surface area contributed by atoms with Gasteiger partial charge >= 0.3 is 11.9 Å². The molecular weight excluding hydrogens is 378 g/mol. The minimum atomic E-state index is -1.49. The minimum absolute atomic E-state index is 0.000467. The number of allylic oxidation sites excluding steroid dienone is 1. The Kier molecular flexibility index (Phi) is 6.73. The van der Waals surface area contributed by atoms with Crippen molar-refractivity contribution in [2.24, 2.45) is 16.1 Å². The summed E-state index contributed by atoms with van der Waals surface area (Å²) in [5, 5.41) is 11.3. The van der Waals surface area contributed by atoms with E-state index in [1.807, 2.05) is 0 Å². The van der Waals surface area contributed by atoms with Crippen LogP contribution in [0.5, 0.6) is 0 Å². The molecule has 0 aliphatic carbocycles. The second-order valence-corrected chi connectivity index (χ2v) is 6.55. The number of hydrogen-bond acceptors (Lipinski definition) is 8. The van der Waals surface area contributed by atoms with Crippen LogP contribution in [-0.4, -0.2) is 35.9 Å². The van der Waals surface area contributed by atoms with Gasteiger partial charge in [0.25, 0.3) is 5.69 Å². The number of nitro benzene ring substituents is 1. The van der Waals surface area contributed by atoms with E-state index < -0.39 is 28.2 Å². The van der Waals surface area contributed by atoms with E-state index in [1.54, 1.807) is 33.8 Å². The van der Waals surface area contributed by atoms with E-state index in [0.29, 0.717) is 11.3 Å². The molecule has 0 bridgehead atoms. The summed E-state index contributed by atoms with van der Waals surface area (Å²) in [6.07, 6.45) is 0.171. The van der Waals surface area contributed by atoms with E-state index in [-0.39, 0.29) is 36.7 Å². The highest BCUT2D eigenvalue weighted by Crippen LogP contribution is 2.49. The number of nitrogens with zero attached hydrogens (tertiary/aromatic N) is 2. The van der Waals surface area contributed by atoms with Gasteiger partial charge in [0.1, 0.15) is 11.3 Å². The molecule has 0 amide bonds. The molecule has 2 atom stereocenters. The lowest BCUT2D eigenvalue weighted by Crippen LogP contribution is -2.52. The zero-order valence-corrected chi connectivity index (χ0v) is 16.9. The van der Waals surface area contributed by atoms with Gasteiger partial charge in [-0.15, -0.1) is 0 Å². The summed E-state index contributed by atoms with van der Waals surface area (Å²) in [7, 11) is 0. The number of ether oxygens (including phenoxy) is 2. The fourth-order valence-corrected chi connectivity index (χ4v) is 3.70. The minimum Gasteiger partial charge on any atom is -0.465 e. The second kappa shape index (κ2) is 8.85. The van der Waals surface area contributed by atoms with Gasteiger partial charge in [0.15, 0.2) is 0 Å². The average molecular weight is 403 g/mol. The van der Waals surface area contributed by atoms with Crippen molar-refractivity contribution in [2.45, 2.75) is 40.0 Å². The number of aliphatic imine (C=N–C) groups is 1. The normalized spacial score (nSPS) is 21.4. The van der Waals surface area contributed by atoms with Crippen LogP contribution in [0, 0.1) is 15.5 Å². The predicted octanol–water partition coefficient (Wildman–Crippen LogP) is 2.85. The maximum atomic E-state index is 13.1. The highest BCUT2D eigenvalue weighted by atomic mass is 16.6. The third kappa shape index (κ3) is 3.85. The number of esters is 2. The van der Waals surface area contributed by atoms with E-state index in [2.05, 4.69) is 4.99 Å². The van der Waals surface area contributed by atoms with Crippen LogP contribution in [0.3, 0.4) is 0 Å². The van der Waals surface area contributed by atoms with E-state index >= 15 is 0 Å². The molecule has 156 valence electrons. The van der Waals surface area contributed by atoms with Crippen LogP contribution < -0.4 is 5.73 Å². The smallest absolute Gasteiger partial charge is 0.336 e. The summed E-state index contributed by atoms with van der Waals surface area (Å²) >= 11 is 0. The second-order valence-electron chi connectivity index (χ2n) is 6.55. The molecule has 0 saturated carbocycles. The summed E-state index contributed by atoms with van der Waals surface area (Å²) in [5.74, 6) is -2.24. The summed E-state index contributed by atoms with van der Waals surface area (Å²) in [4.78, 5) is 41.0. The van der Waals surface area contributed by atoms with Crippen molar-refractivity contribution in [1.29, 1.82) is 0 Å². The van der Waals surface area contributed by atoms with Gasteiger partial charge in [-0.2, -0.15) is 0 Å². The molecule has 9 heteroatoms. The van der Waals surface area contributed by atoms with Crippen molar-refractivity contribution in [1.82, 2.24) is 0 Å². The third-order valence-corrected chi connectivity index (χ3v) is 5.02. The number of carbonyl (C=O) groups is 2. The molecule has 2 unspecified atom stereocenters. The van der Waals surface area contributed by atoms with Crippen molar-refractivity contribution >= 4 is 23.5 Å². The van der Waals surface area contributed by atoms with Crippen molar-refractivity contribution in [3.8, 4) is 0 Å². The molecule has 1 heterocycles. The Morgan fingerprint density at radius 1 is 1.24 bits per heavy atom.